The van der Waals surface area contributed by atoms with Crippen molar-refractivity contribution in [3.63, 3.8) is 0 Å². The number of carbonyl (C=O) groups excluding carboxylic acids is 1. The van der Waals surface area contributed by atoms with E-state index >= 15 is 0 Å². The molecule has 0 radical (unpaired) electrons. The monoisotopic (exact) mass is 345 g/mol. The first-order chi connectivity index (χ1) is 11.6. The number of aldehydes is 1. The molecule has 124 valence electrons. The molecule has 24 heavy (non-hydrogen) atoms. The maximum Gasteiger partial charge on any atom is 0.151 e. The fourth-order valence-electron chi connectivity index (χ4n) is 2.49. The molecule has 1 aromatic heterocycles. The lowest BCUT2D eigenvalue weighted by atomic mass is 10.0. The zero-order valence-corrected chi connectivity index (χ0v) is 13.8. The van der Waals surface area contributed by atoms with E-state index in [4.69, 9.17) is 17.1 Å². The molecule has 7 heteroatoms. The number of carbonyl (C=O) groups is 1. The number of aromatic nitrogens is 1. The summed E-state index contributed by atoms with van der Waals surface area (Å²) in [6, 6.07) is 6.51. The van der Waals surface area contributed by atoms with Crippen LogP contribution >= 0.6 is 12.2 Å². The molecule has 1 N–H and O–H groups in total. The molecule has 2 heterocycles. The van der Waals surface area contributed by atoms with Crippen molar-refractivity contribution in [3.05, 3.63) is 53.6 Å². The van der Waals surface area contributed by atoms with Crippen LogP contribution in [0.2, 0.25) is 0 Å². The van der Waals surface area contributed by atoms with E-state index in [1.165, 1.54) is 6.07 Å². The van der Waals surface area contributed by atoms with Crippen LogP contribution < -0.4 is 5.32 Å². The standard InChI is InChI=1S/C17H16FN3O2S/c1-11(24)19-8-14-7-16(20-23-14)13-2-3-17(15(18)6-13)21-5-4-12(9-21)10-22/h2-6,9-10,14H,7-8H2,1H3,(H,19,24). The summed E-state index contributed by atoms with van der Waals surface area (Å²) in [5.41, 5.74) is 2.26. The largest absolute Gasteiger partial charge is 0.390 e. The summed E-state index contributed by atoms with van der Waals surface area (Å²) in [4.78, 5) is 16.8. The van der Waals surface area contributed by atoms with Gasteiger partial charge < -0.3 is 14.7 Å². The van der Waals surface area contributed by atoms with Crippen molar-refractivity contribution in [2.24, 2.45) is 5.16 Å². The summed E-state index contributed by atoms with van der Waals surface area (Å²) in [6.07, 6.45) is 4.43. The van der Waals surface area contributed by atoms with E-state index in [-0.39, 0.29) is 11.9 Å². The molecule has 0 aliphatic carbocycles. The second kappa shape index (κ2) is 6.92. The number of thiocarbonyl (C=S) groups is 1. The third kappa shape index (κ3) is 3.51. The van der Waals surface area contributed by atoms with Crippen LogP contribution in [0.5, 0.6) is 0 Å². The van der Waals surface area contributed by atoms with Crippen LogP contribution in [0.3, 0.4) is 0 Å². The van der Waals surface area contributed by atoms with E-state index in [0.717, 1.165) is 6.29 Å². The molecule has 1 atom stereocenters. The van der Waals surface area contributed by atoms with Gasteiger partial charge in [-0.05, 0) is 25.1 Å². The molecule has 0 amide bonds. The Morgan fingerprint density at radius 2 is 2.38 bits per heavy atom. The zero-order valence-electron chi connectivity index (χ0n) is 13.0. The van der Waals surface area contributed by atoms with Gasteiger partial charge in [-0.2, -0.15) is 0 Å². The molecular weight excluding hydrogens is 329 g/mol. The molecule has 0 saturated carbocycles. The summed E-state index contributed by atoms with van der Waals surface area (Å²) in [7, 11) is 0. The fraction of sp³-hybridized carbons (Fsp3) is 0.235. The van der Waals surface area contributed by atoms with Gasteiger partial charge in [-0.15, -0.1) is 0 Å². The lowest BCUT2D eigenvalue weighted by Crippen LogP contribution is -2.29. The Labute approximate surface area is 144 Å². The summed E-state index contributed by atoms with van der Waals surface area (Å²) in [6.45, 7) is 2.37. The van der Waals surface area contributed by atoms with Crippen LogP contribution in [0.25, 0.3) is 5.69 Å². The average Bonchev–Trinajstić information content (AvgIpc) is 3.22. The van der Waals surface area contributed by atoms with Gasteiger partial charge in [0.05, 0.1) is 22.9 Å². The Kier molecular flexibility index (Phi) is 4.71. The predicted octanol–water partition coefficient (Wildman–Crippen LogP) is 2.86. The molecule has 1 aliphatic heterocycles. The molecule has 0 saturated heterocycles. The van der Waals surface area contributed by atoms with Crippen LogP contribution in [0.4, 0.5) is 4.39 Å². The topological polar surface area (TPSA) is 55.6 Å². The minimum Gasteiger partial charge on any atom is -0.390 e. The molecular formula is C17H16FN3O2S. The van der Waals surface area contributed by atoms with E-state index in [2.05, 4.69) is 10.5 Å². The molecule has 0 bridgehead atoms. The average molecular weight is 345 g/mol. The Hall–Kier alpha value is -2.54. The highest BCUT2D eigenvalue weighted by Gasteiger charge is 2.22. The molecule has 5 nitrogen and oxygen atoms in total. The van der Waals surface area contributed by atoms with Gasteiger partial charge >= 0.3 is 0 Å². The van der Waals surface area contributed by atoms with Crippen molar-refractivity contribution in [3.8, 4) is 5.69 Å². The number of oxime groups is 1. The first-order valence-electron chi connectivity index (χ1n) is 7.47. The summed E-state index contributed by atoms with van der Waals surface area (Å²) >= 11 is 4.96. The van der Waals surface area contributed by atoms with Crippen LogP contribution in [0.1, 0.15) is 29.3 Å². The molecule has 1 aromatic carbocycles. The maximum absolute atomic E-state index is 14.4. The van der Waals surface area contributed by atoms with Crippen LogP contribution in [-0.2, 0) is 4.84 Å². The fourth-order valence-corrected chi connectivity index (χ4v) is 2.58. The Morgan fingerprint density at radius 1 is 1.54 bits per heavy atom. The highest BCUT2D eigenvalue weighted by atomic mass is 32.1. The van der Waals surface area contributed by atoms with Crippen molar-refractivity contribution < 1.29 is 14.0 Å². The predicted molar refractivity (Wildman–Crippen MR) is 93.4 cm³/mol. The summed E-state index contributed by atoms with van der Waals surface area (Å²) < 4.78 is 16.0. The number of benzene rings is 1. The van der Waals surface area contributed by atoms with Crippen molar-refractivity contribution in [2.75, 3.05) is 6.54 Å². The minimum absolute atomic E-state index is 0.111. The Morgan fingerprint density at radius 3 is 3.04 bits per heavy atom. The SMILES string of the molecule is CC(=S)NCC1CC(c2ccc(-n3ccc(C=O)c3)c(F)c2)=NO1. The van der Waals surface area contributed by atoms with E-state index < -0.39 is 0 Å². The smallest absolute Gasteiger partial charge is 0.151 e. The van der Waals surface area contributed by atoms with Crippen molar-refractivity contribution in [1.82, 2.24) is 9.88 Å². The van der Waals surface area contributed by atoms with Gasteiger partial charge in [0.2, 0.25) is 0 Å². The number of hydrogen-bond donors (Lipinski definition) is 1. The van der Waals surface area contributed by atoms with Gasteiger partial charge in [0, 0.05) is 29.9 Å². The molecule has 1 unspecified atom stereocenters. The number of nitrogens with zero attached hydrogens (tertiary/aromatic N) is 2. The molecule has 0 spiro atoms. The third-order valence-corrected chi connectivity index (χ3v) is 3.87. The quantitative estimate of drug-likeness (QED) is 0.669. The van der Waals surface area contributed by atoms with Crippen LogP contribution in [0, 0.1) is 5.82 Å². The highest BCUT2D eigenvalue weighted by Crippen LogP contribution is 2.21. The second-order valence-electron chi connectivity index (χ2n) is 5.54. The zero-order chi connectivity index (χ0) is 17.1. The van der Waals surface area contributed by atoms with Crippen molar-refractivity contribution in [1.29, 1.82) is 0 Å². The maximum atomic E-state index is 14.4. The molecule has 1 aliphatic rings. The van der Waals surface area contributed by atoms with Gasteiger partial charge in [0.1, 0.15) is 11.9 Å². The lowest BCUT2D eigenvalue weighted by Gasteiger charge is -2.09. The van der Waals surface area contributed by atoms with E-state index in [9.17, 15) is 9.18 Å². The van der Waals surface area contributed by atoms with Crippen molar-refractivity contribution in [2.45, 2.75) is 19.4 Å². The molecule has 3 rings (SSSR count). The van der Waals surface area contributed by atoms with Gasteiger partial charge in [-0.25, -0.2) is 4.39 Å². The normalized spacial score (nSPS) is 16.4. The van der Waals surface area contributed by atoms with Crippen LogP contribution in [-0.4, -0.2) is 34.2 Å². The molecule has 2 aromatic rings. The third-order valence-electron chi connectivity index (χ3n) is 3.72. The minimum atomic E-state index is -0.389. The van der Waals surface area contributed by atoms with Crippen molar-refractivity contribution >= 4 is 29.2 Å². The van der Waals surface area contributed by atoms with Gasteiger partial charge in [0.25, 0.3) is 0 Å². The number of nitrogens with one attached hydrogen (secondary N) is 1. The van der Waals surface area contributed by atoms with Gasteiger partial charge in [-0.3, -0.25) is 4.79 Å². The van der Waals surface area contributed by atoms with Crippen LogP contribution in [0.15, 0.2) is 41.8 Å². The first-order valence-corrected chi connectivity index (χ1v) is 7.88. The summed E-state index contributed by atoms with van der Waals surface area (Å²) in [5.74, 6) is -0.389. The first kappa shape index (κ1) is 16.3. The van der Waals surface area contributed by atoms with Gasteiger partial charge in [-0.1, -0.05) is 23.4 Å². The number of hydrogen-bond acceptors (Lipinski definition) is 4. The Balaban J connectivity index is 1.73. The van der Waals surface area contributed by atoms with E-state index in [1.54, 1.807) is 42.1 Å². The highest BCUT2D eigenvalue weighted by molar-refractivity contribution is 7.80. The second-order valence-corrected chi connectivity index (χ2v) is 6.16. The molecule has 0 fully saturated rings. The van der Waals surface area contributed by atoms with E-state index in [1.807, 2.05) is 0 Å². The number of rotatable bonds is 5. The van der Waals surface area contributed by atoms with Gasteiger partial charge in [0.15, 0.2) is 6.29 Å². The number of halogens is 1. The Bertz CT molecular complexity index is 816. The summed E-state index contributed by atoms with van der Waals surface area (Å²) in [5, 5.41) is 7.08. The lowest BCUT2D eigenvalue weighted by molar-refractivity contribution is 0.0886. The van der Waals surface area contributed by atoms with E-state index in [0.29, 0.717) is 40.5 Å².